The monoisotopic (exact) mass is 259 g/mol. The first kappa shape index (κ1) is 13.8. The predicted octanol–water partition coefficient (Wildman–Crippen LogP) is 3.36. The maximum Gasteiger partial charge on any atom is 0.123 e. The highest BCUT2D eigenvalue weighted by Crippen LogP contribution is 2.24. The van der Waals surface area contributed by atoms with Gasteiger partial charge in [0.25, 0.3) is 0 Å². The molecule has 3 heteroatoms. The zero-order valence-corrected chi connectivity index (χ0v) is 11.5. The Labute approximate surface area is 114 Å². The minimum Gasteiger partial charge on any atom is -0.467 e. The quantitative estimate of drug-likeness (QED) is 0.836. The average Bonchev–Trinajstić information content (AvgIpc) is 2.85. The van der Waals surface area contributed by atoms with Gasteiger partial charge in [0.2, 0.25) is 0 Å². The number of furan rings is 1. The van der Waals surface area contributed by atoms with Crippen molar-refractivity contribution >= 4 is 0 Å². The van der Waals surface area contributed by atoms with Crippen LogP contribution >= 0.6 is 0 Å². The summed E-state index contributed by atoms with van der Waals surface area (Å²) in [4.78, 5) is 0. The molecule has 102 valence electrons. The molecule has 0 bridgehead atoms. The Balaban J connectivity index is 2.11. The van der Waals surface area contributed by atoms with Crippen LogP contribution in [0.4, 0.5) is 0 Å². The van der Waals surface area contributed by atoms with Crippen LogP contribution in [-0.4, -0.2) is 11.7 Å². The molecule has 2 aromatic rings. The lowest BCUT2D eigenvalue weighted by Crippen LogP contribution is -2.25. The summed E-state index contributed by atoms with van der Waals surface area (Å²) in [6.45, 7) is 4.29. The highest BCUT2D eigenvalue weighted by Gasteiger charge is 2.17. The van der Waals surface area contributed by atoms with Gasteiger partial charge < -0.3 is 14.8 Å². The molecule has 1 aromatic heterocycles. The molecule has 0 unspecified atom stereocenters. The van der Waals surface area contributed by atoms with Crippen LogP contribution in [0.5, 0.6) is 0 Å². The molecule has 2 N–H and O–H groups in total. The van der Waals surface area contributed by atoms with Crippen molar-refractivity contribution in [3.8, 4) is 0 Å². The Bertz CT molecular complexity index is 492. The van der Waals surface area contributed by atoms with Crippen molar-refractivity contribution in [1.29, 1.82) is 0 Å². The van der Waals surface area contributed by atoms with Crippen LogP contribution in [0.2, 0.25) is 0 Å². The Kier molecular flexibility index (Phi) is 4.77. The van der Waals surface area contributed by atoms with Crippen molar-refractivity contribution in [2.24, 2.45) is 0 Å². The Morgan fingerprint density at radius 2 is 1.95 bits per heavy atom. The third-order valence-electron chi connectivity index (χ3n) is 3.37. The molecule has 0 amide bonds. The number of hydrogen-bond donors (Lipinski definition) is 2. The number of benzene rings is 1. The van der Waals surface area contributed by atoms with E-state index < -0.39 is 0 Å². The Morgan fingerprint density at radius 3 is 2.53 bits per heavy atom. The summed E-state index contributed by atoms with van der Waals surface area (Å²) in [5.41, 5.74) is 2.34. The minimum absolute atomic E-state index is 0.117. The number of aryl methyl sites for hydroxylation is 1. The molecule has 2 atom stereocenters. The summed E-state index contributed by atoms with van der Waals surface area (Å²) in [5, 5.41) is 12.8. The third-order valence-corrected chi connectivity index (χ3v) is 3.37. The molecular formula is C16H21NO2. The Hall–Kier alpha value is -1.58. The zero-order chi connectivity index (χ0) is 13.7. The largest absolute Gasteiger partial charge is 0.467 e. The molecule has 0 aliphatic heterocycles. The molecule has 0 aliphatic rings. The summed E-state index contributed by atoms with van der Waals surface area (Å²) in [6, 6.07) is 12.4. The van der Waals surface area contributed by atoms with E-state index >= 15 is 0 Å². The fraction of sp³-hybridized carbons (Fsp3) is 0.375. The van der Waals surface area contributed by atoms with Crippen LogP contribution in [0.15, 0.2) is 47.1 Å². The van der Waals surface area contributed by atoms with Gasteiger partial charge in [0.1, 0.15) is 5.76 Å². The first-order chi connectivity index (χ1) is 9.22. The molecule has 3 nitrogen and oxygen atoms in total. The van der Waals surface area contributed by atoms with Gasteiger partial charge in [-0.25, -0.2) is 0 Å². The minimum atomic E-state index is 0.117. The molecule has 1 heterocycles. The second kappa shape index (κ2) is 6.55. The molecule has 0 saturated heterocycles. The lowest BCUT2D eigenvalue weighted by molar-refractivity contribution is 0.256. The Morgan fingerprint density at radius 1 is 1.21 bits per heavy atom. The average molecular weight is 259 g/mol. The maximum absolute atomic E-state index is 9.23. The van der Waals surface area contributed by atoms with Crippen LogP contribution in [0, 0.1) is 6.92 Å². The lowest BCUT2D eigenvalue weighted by atomic mass is 10.0. The molecule has 1 aromatic carbocycles. The van der Waals surface area contributed by atoms with Crippen LogP contribution in [-0.2, 0) is 0 Å². The van der Waals surface area contributed by atoms with Crippen molar-refractivity contribution in [2.45, 2.75) is 32.4 Å². The van der Waals surface area contributed by atoms with Gasteiger partial charge in [0.05, 0.1) is 12.3 Å². The van der Waals surface area contributed by atoms with Crippen LogP contribution in [0.1, 0.15) is 42.3 Å². The van der Waals surface area contributed by atoms with E-state index in [4.69, 9.17) is 4.42 Å². The second-order valence-corrected chi connectivity index (χ2v) is 4.83. The number of rotatable bonds is 6. The fourth-order valence-electron chi connectivity index (χ4n) is 2.37. The van der Waals surface area contributed by atoms with Crippen LogP contribution < -0.4 is 5.32 Å². The summed E-state index contributed by atoms with van der Waals surface area (Å²) in [6.07, 6.45) is 2.40. The van der Waals surface area contributed by atoms with Gasteiger partial charge in [-0.2, -0.15) is 0 Å². The first-order valence-electron chi connectivity index (χ1n) is 6.68. The number of hydrogen-bond acceptors (Lipinski definition) is 3. The van der Waals surface area contributed by atoms with Crippen molar-refractivity contribution in [3.05, 3.63) is 59.5 Å². The van der Waals surface area contributed by atoms with Gasteiger partial charge in [0.15, 0.2) is 0 Å². The van der Waals surface area contributed by atoms with Crippen molar-refractivity contribution < 1.29 is 9.52 Å². The summed E-state index contributed by atoms with van der Waals surface area (Å²) >= 11 is 0. The molecule has 19 heavy (non-hydrogen) atoms. The standard InChI is InChI=1S/C16H21NO2/c1-12-9-11-19-16(12)13(2)17-15(8-10-18)14-6-4-3-5-7-14/h3-7,9,11,13,15,17-18H,8,10H2,1-2H3/t13-,15+/m0/s1. The normalized spacial score (nSPS) is 14.3. The zero-order valence-electron chi connectivity index (χ0n) is 11.5. The van der Waals surface area contributed by atoms with E-state index in [0.29, 0.717) is 6.42 Å². The third kappa shape index (κ3) is 3.46. The predicted molar refractivity (Wildman–Crippen MR) is 75.9 cm³/mol. The SMILES string of the molecule is Cc1ccoc1[C@H](C)N[C@H](CCO)c1ccccc1. The maximum atomic E-state index is 9.23. The van der Waals surface area contributed by atoms with Crippen molar-refractivity contribution in [1.82, 2.24) is 5.32 Å². The molecule has 2 rings (SSSR count). The summed E-state index contributed by atoms with van der Waals surface area (Å²) in [7, 11) is 0. The second-order valence-electron chi connectivity index (χ2n) is 4.83. The van der Waals surface area contributed by atoms with E-state index in [1.165, 1.54) is 5.56 Å². The van der Waals surface area contributed by atoms with E-state index in [1.54, 1.807) is 6.26 Å². The highest BCUT2D eigenvalue weighted by atomic mass is 16.3. The van der Waals surface area contributed by atoms with E-state index in [9.17, 15) is 5.11 Å². The van der Waals surface area contributed by atoms with Crippen molar-refractivity contribution in [3.63, 3.8) is 0 Å². The van der Waals surface area contributed by atoms with E-state index in [0.717, 1.165) is 11.3 Å². The highest BCUT2D eigenvalue weighted by molar-refractivity contribution is 5.21. The smallest absolute Gasteiger partial charge is 0.123 e. The summed E-state index contributed by atoms with van der Waals surface area (Å²) in [5.74, 6) is 0.957. The topological polar surface area (TPSA) is 45.4 Å². The van der Waals surface area contributed by atoms with E-state index in [1.807, 2.05) is 31.2 Å². The number of nitrogens with one attached hydrogen (secondary N) is 1. The van der Waals surface area contributed by atoms with Crippen LogP contribution in [0.3, 0.4) is 0 Å². The molecule has 0 aliphatic carbocycles. The van der Waals surface area contributed by atoms with Crippen molar-refractivity contribution in [2.75, 3.05) is 6.61 Å². The van der Waals surface area contributed by atoms with Gasteiger partial charge in [-0.1, -0.05) is 30.3 Å². The fourth-order valence-corrected chi connectivity index (χ4v) is 2.37. The lowest BCUT2D eigenvalue weighted by Gasteiger charge is -2.22. The van der Waals surface area contributed by atoms with Crippen LogP contribution in [0.25, 0.3) is 0 Å². The van der Waals surface area contributed by atoms with Gasteiger partial charge >= 0.3 is 0 Å². The molecule has 0 radical (unpaired) electrons. The molecule has 0 saturated carbocycles. The first-order valence-corrected chi connectivity index (χ1v) is 6.68. The summed E-state index contributed by atoms with van der Waals surface area (Å²) < 4.78 is 5.52. The van der Waals surface area contributed by atoms with E-state index in [-0.39, 0.29) is 18.7 Å². The van der Waals surface area contributed by atoms with Gasteiger partial charge in [-0.3, -0.25) is 0 Å². The van der Waals surface area contributed by atoms with Gasteiger partial charge in [0, 0.05) is 12.6 Å². The van der Waals surface area contributed by atoms with Gasteiger partial charge in [-0.05, 0) is 37.5 Å². The van der Waals surface area contributed by atoms with Gasteiger partial charge in [-0.15, -0.1) is 0 Å². The molecule has 0 fully saturated rings. The number of aliphatic hydroxyl groups excluding tert-OH is 1. The number of aliphatic hydroxyl groups is 1. The van der Waals surface area contributed by atoms with E-state index in [2.05, 4.69) is 24.4 Å². The molecular weight excluding hydrogens is 238 g/mol. The molecule has 0 spiro atoms.